The lowest BCUT2D eigenvalue weighted by atomic mass is 10.1. The van der Waals surface area contributed by atoms with Gasteiger partial charge in [-0.15, -0.1) is 0 Å². The van der Waals surface area contributed by atoms with Gasteiger partial charge in [-0.3, -0.25) is 9.69 Å². The standard InChI is InChI=1S/C13H18FNO2/c1-4-17-13(16)9-15(3)8-11-5-6-12(14)7-10(11)2/h5-7H,4,8-9H2,1-3H3. The molecule has 1 aromatic rings. The summed E-state index contributed by atoms with van der Waals surface area (Å²) in [5.74, 6) is -0.478. The summed E-state index contributed by atoms with van der Waals surface area (Å²) in [6.07, 6.45) is 0. The highest BCUT2D eigenvalue weighted by Crippen LogP contribution is 2.11. The van der Waals surface area contributed by atoms with Crippen molar-refractivity contribution >= 4 is 5.97 Å². The van der Waals surface area contributed by atoms with Gasteiger partial charge in [-0.25, -0.2) is 4.39 Å². The number of likely N-dealkylation sites (N-methyl/N-ethyl adjacent to an activating group) is 1. The average molecular weight is 239 g/mol. The van der Waals surface area contributed by atoms with Crippen molar-refractivity contribution in [3.8, 4) is 0 Å². The Labute approximate surface area is 101 Å². The van der Waals surface area contributed by atoms with Gasteiger partial charge < -0.3 is 4.74 Å². The highest BCUT2D eigenvalue weighted by molar-refractivity contribution is 5.71. The van der Waals surface area contributed by atoms with E-state index < -0.39 is 0 Å². The molecule has 1 rings (SSSR count). The first-order valence-corrected chi connectivity index (χ1v) is 5.62. The SMILES string of the molecule is CCOC(=O)CN(C)Cc1ccc(F)cc1C. The molecule has 0 aliphatic carbocycles. The van der Waals surface area contributed by atoms with Crippen molar-refractivity contribution in [3.63, 3.8) is 0 Å². The highest BCUT2D eigenvalue weighted by Gasteiger charge is 2.09. The van der Waals surface area contributed by atoms with Gasteiger partial charge in [-0.05, 0) is 44.2 Å². The van der Waals surface area contributed by atoms with Crippen molar-refractivity contribution in [2.24, 2.45) is 0 Å². The molecule has 94 valence electrons. The van der Waals surface area contributed by atoms with Crippen molar-refractivity contribution in [1.29, 1.82) is 0 Å². The topological polar surface area (TPSA) is 29.5 Å². The van der Waals surface area contributed by atoms with Crippen molar-refractivity contribution in [1.82, 2.24) is 4.90 Å². The van der Waals surface area contributed by atoms with E-state index in [0.29, 0.717) is 13.2 Å². The summed E-state index contributed by atoms with van der Waals surface area (Å²) >= 11 is 0. The van der Waals surface area contributed by atoms with E-state index in [0.717, 1.165) is 11.1 Å². The van der Waals surface area contributed by atoms with Crippen LogP contribution in [0.4, 0.5) is 4.39 Å². The van der Waals surface area contributed by atoms with Crippen LogP contribution in [0.2, 0.25) is 0 Å². The fourth-order valence-electron chi connectivity index (χ4n) is 1.61. The molecule has 0 unspecified atom stereocenters. The third-order valence-corrected chi connectivity index (χ3v) is 2.45. The average Bonchev–Trinajstić information content (AvgIpc) is 2.22. The maximum atomic E-state index is 12.9. The Balaban J connectivity index is 2.55. The number of benzene rings is 1. The zero-order chi connectivity index (χ0) is 12.8. The molecular weight excluding hydrogens is 221 g/mol. The van der Waals surface area contributed by atoms with Crippen LogP contribution in [-0.4, -0.2) is 31.1 Å². The third-order valence-electron chi connectivity index (χ3n) is 2.45. The van der Waals surface area contributed by atoms with E-state index in [9.17, 15) is 9.18 Å². The van der Waals surface area contributed by atoms with Crippen LogP contribution >= 0.6 is 0 Å². The quantitative estimate of drug-likeness (QED) is 0.737. The van der Waals surface area contributed by atoms with Crippen molar-refractivity contribution in [2.45, 2.75) is 20.4 Å². The van der Waals surface area contributed by atoms with Crippen molar-refractivity contribution in [2.75, 3.05) is 20.2 Å². The number of hydrogen-bond donors (Lipinski definition) is 0. The van der Waals surface area contributed by atoms with E-state index in [1.54, 1.807) is 13.0 Å². The number of ether oxygens (including phenoxy) is 1. The lowest BCUT2D eigenvalue weighted by molar-refractivity contribution is -0.144. The molecule has 0 bridgehead atoms. The zero-order valence-electron chi connectivity index (χ0n) is 10.5. The van der Waals surface area contributed by atoms with Gasteiger partial charge in [-0.1, -0.05) is 6.07 Å². The minimum absolute atomic E-state index is 0.237. The van der Waals surface area contributed by atoms with Crippen LogP contribution in [0.15, 0.2) is 18.2 Å². The van der Waals surface area contributed by atoms with E-state index in [1.165, 1.54) is 12.1 Å². The minimum Gasteiger partial charge on any atom is -0.465 e. The predicted molar refractivity (Wildman–Crippen MR) is 64.1 cm³/mol. The molecule has 0 atom stereocenters. The van der Waals surface area contributed by atoms with Crippen molar-refractivity contribution < 1.29 is 13.9 Å². The van der Waals surface area contributed by atoms with Gasteiger partial charge in [0.05, 0.1) is 13.2 Å². The smallest absolute Gasteiger partial charge is 0.320 e. The van der Waals surface area contributed by atoms with Gasteiger partial charge in [0.2, 0.25) is 0 Å². The molecule has 4 heteroatoms. The summed E-state index contributed by atoms with van der Waals surface area (Å²) in [5, 5.41) is 0. The number of carbonyl (C=O) groups excluding carboxylic acids is 1. The summed E-state index contributed by atoms with van der Waals surface area (Å²) in [7, 11) is 1.83. The molecule has 0 aliphatic rings. The molecule has 17 heavy (non-hydrogen) atoms. The second kappa shape index (κ2) is 6.35. The molecule has 0 heterocycles. The molecule has 0 N–H and O–H groups in total. The van der Waals surface area contributed by atoms with Crippen LogP contribution in [0.3, 0.4) is 0 Å². The number of carbonyl (C=O) groups is 1. The minimum atomic E-state index is -0.241. The summed E-state index contributed by atoms with van der Waals surface area (Å²) in [6, 6.07) is 4.67. The fourth-order valence-corrected chi connectivity index (χ4v) is 1.61. The Morgan fingerprint density at radius 1 is 1.47 bits per heavy atom. The van der Waals surface area contributed by atoms with Crippen LogP contribution in [-0.2, 0) is 16.1 Å². The molecule has 1 aromatic carbocycles. The second-order valence-corrected chi connectivity index (χ2v) is 4.05. The highest BCUT2D eigenvalue weighted by atomic mass is 19.1. The van der Waals surface area contributed by atoms with E-state index in [-0.39, 0.29) is 18.3 Å². The van der Waals surface area contributed by atoms with E-state index in [4.69, 9.17) is 4.74 Å². The van der Waals surface area contributed by atoms with Gasteiger partial charge in [0.25, 0.3) is 0 Å². The molecule has 0 aromatic heterocycles. The molecule has 0 radical (unpaired) electrons. The molecular formula is C13H18FNO2. The fraction of sp³-hybridized carbons (Fsp3) is 0.462. The van der Waals surface area contributed by atoms with Crippen molar-refractivity contribution in [3.05, 3.63) is 35.1 Å². The molecule has 0 saturated heterocycles. The summed E-state index contributed by atoms with van der Waals surface area (Å²) in [5.41, 5.74) is 1.90. The van der Waals surface area contributed by atoms with Crippen LogP contribution < -0.4 is 0 Å². The molecule has 0 saturated carbocycles. The molecule has 3 nitrogen and oxygen atoms in total. The number of rotatable bonds is 5. The van der Waals surface area contributed by atoms with E-state index in [1.807, 2.05) is 18.9 Å². The first-order chi connectivity index (χ1) is 8.02. The number of hydrogen-bond acceptors (Lipinski definition) is 3. The summed E-state index contributed by atoms with van der Waals surface area (Å²) in [6.45, 7) is 4.87. The van der Waals surface area contributed by atoms with Crippen LogP contribution in [0.25, 0.3) is 0 Å². The van der Waals surface area contributed by atoms with Crippen LogP contribution in [0.1, 0.15) is 18.1 Å². The largest absolute Gasteiger partial charge is 0.465 e. The van der Waals surface area contributed by atoms with Gasteiger partial charge in [0, 0.05) is 6.54 Å². The maximum Gasteiger partial charge on any atom is 0.320 e. The number of halogens is 1. The number of esters is 1. The maximum absolute atomic E-state index is 12.9. The Bertz CT molecular complexity index is 393. The normalized spacial score (nSPS) is 10.6. The van der Waals surface area contributed by atoms with E-state index >= 15 is 0 Å². The Hall–Kier alpha value is -1.42. The monoisotopic (exact) mass is 239 g/mol. The van der Waals surface area contributed by atoms with Crippen LogP contribution in [0, 0.1) is 12.7 Å². The predicted octanol–water partition coefficient (Wildman–Crippen LogP) is 2.13. The van der Waals surface area contributed by atoms with Gasteiger partial charge in [0.1, 0.15) is 5.82 Å². The molecule has 0 spiro atoms. The molecule has 0 amide bonds. The Morgan fingerprint density at radius 2 is 2.18 bits per heavy atom. The molecule has 0 fully saturated rings. The third kappa shape index (κ3) is 4.53. The summed E-state index contributed by atoms with van der Waals surface area (Å²) < 4.78 is 17.8. The van der Waals surface area contributed by atoms with E-state index in [2.05, 4.69) is 0 Å². The van der Waals surface area contributed by atoms with Gasteiger partial charge in [0.15, 0.2) is 0 Å². The summed E-state index contributed by atoms with van der Waals surface area (Å²) in [4.78, 5) is 13.1. The Morgan fingerprint density at radius 3 is 2.76 bits per heavy atom. The number of aryl methyl sites for hydroxylation is 1. The van der Waals surface area contributed by atoms with Gasteiger partial charge in [-0.2, -0.15) is 0 Å². The first-order valence-electron chi connectivity index (χ1n) is 5.62. The molecule has 0 aliphatic heterocycles. The lowest BCUT2D eigenvalue weighted by Gasteiger charge is -2.16. The zero-order valence-corrected chi connectivity index (χ0v) is 10.5. The Kier molecular flexibility index (Phi) is 5.10. The second-order valence-electron chi connectivity index (χ2n) is 4.05. The lowest BCUT2D eigenvalue weighted by Crippen LogP contribution is -2.27. The van der Waals surface area contributed by atoms with Gasteiger partial charge >= 0.3 is 5.97 Å². The number of nitrogens with zero attached hydrogens (tertiary/aromatic N) is 1. The van der Waals surface area contributed by atoms with Crippen LogP contribution in [0.5, 0.6) is 0 Å². The first kappa shape index (κ1) is 13.6.